The van der Waals surface area contributed by atoms with Gasteiger partial charge in [0.15, 0.2) is 5.12 Å². The average Bonchev–Trinajstić information content (AvgIpc) is 2.28. The molecule has 0 amide bonds. The second kappa shape index (κ2) is 6.82. The monoisotopic (exact) mass is 252 g/mol. The maximum absolute atomic E-state index is 11.9. The van der Waals surface area contributed by atoms with E-state index in [0.717, 1.165) is 4.90 Å². The molecule has 0 bridgehead atoms. The lowest BCUT2D eigenvalue weighted by Crippen LogP contribution is -2.25. The third kappa shape index (κ3) is 4.92. The lowest BCUT2D eigenvalue weighted by atomic mass is 9.97. The Hall–Kier alpha value is -0.800. The van der Waals surface area contributed by atoms with E-state index in [4.69, 9.17) is 0 Å². The van der Waals surface area contributed by atoms with Gasteiger partial charge in [-0.15, -0.1) is 0 Å². The highest BCUT2D eigenvalue weighted by Gasteiger charge is 2.23. The smallest absolute Gasteiger partial charge is 0.199 e. The summed E-state index contributed by atoms with van der Waals surface area (Å²) >= 11 is 1.21. The molecular weight excluding hydrogens is 232 g/mol. The zero-order valence-corrected chi connectivity index (χ0v) is 11.4. The third-order valence-corrected chi connectivity index (χ3v) is 3.70. The second-order valence-corrected chi connectivity index (χ2v) is 5.80. The van der Waals surface area contributed by atoms with Crippen LogP contribution >= 0.6 is 11.8 Å². The lowest BCUT2D eigenvalue weighted by molar-refractivity contribution is -0.117. The van der Waals surface area contributed by atoms with Crippen molar-refractivity contribution in [2.45, 2.75) is 38.2 Å². The van der Waals surface area contributed by atoms with Gasteiger partial charge in [-0.05, 0) is 24.5 Å². The van der Waals surface area contributed by atoms with Crippen molar-refractivity contribution in [3.05, 3.63) is 30.3 Å². The van der Waals surface area contributed by atoms with E-state index in [1.54, 1.807) is 6.92 Å². The molecule has 0 radical (unpaired) electrons. The van der Waals surface area contributed by atoms with E-state index in [2.05, 4.69) is 0 Å². The van der Waals surface area contributed by atoms with Gasteiger partial charge in [-0.2, -0.15) is 0 Å². The zero-order valence-electron chi connectivity index (χ0n) is 10.6. The Labute approximate surface area is 107 Å². The zero-order chi connectivity index (χ0) is 12.8. The van der Waals surface area contributed by atoms with Crippen molar-refractivity contribution in [3.8, 4) is 0 Å². The number of aliphatic hydroxyl groups excluding tert-OH is 1. The van der Waals surface area contributed by atoms with Crippen molar-refractivity contribution in [2.75, 3.05) is 0 Å². The topological polar surface area (TPSA) is 37.3 Å². The maximum Gasteiger partial charge on any atom is 0.199 e. The molecule has 0 spiro atoms. The number of carbonyl (C=O) groups is 1. The van der Waals surface area contributed by atoms with E-state index in [0.29, 0.717) is 12.3 Å². The molecule has 0 aliphatic rings. The summed E-state index contributed by atoms with van der Waals surface area (Å²) in [5, 5.41) is 9.93. The van der Waals surface area contributed by atoms with E-state index in [1.807, 2.05) is 44.2 Å². The Bertz CT molecular complexity index is 348. The summed E-state index contributed by atoms with van der Waals surface area (Å²) < 4.78 is 0. The molecule has 0 heterocycles. The van der Waals surface area contributed by atoms with Crippen LogP contribution in [-0.2, 0) is 4.79 Å². The van der Waals surface area contributed by atoms with Crippen molar-refractivity contribution in [3.63, 3.8) is 0 Å². The predicted octanol–water partition coefficient (Wildman–Crippen LogP) is 3.35. The van der Waals surface area contributed by atoms with Crippen LogP contribution in [-0.4, -0.2) is 16.3 Å². The number of rotatable bonds is 5. The van der Waals surface area contributed by atoms with Crippen LogP contribution in [0.25, 0.3) is 0 Å². The first-order chi connectivity index (χ1) is 8.00. The number of thioether (sulfide) groups is 1. The minimum Gasteiger partial charge on any atom is -0.392 e. The molecule has 0 aliphatic heterocycles. The first kappa shape index (κ1) is 14.3. The summed E-state index contributed by atoms with van der Waals surface area (Å²) in [5.41, 5.74) is 0. The molecule has 94 valence electrons. The minimum atomic E-state index is -0.543. The van der Waals surface area contributed by atoms with Crippen LogP contribution in [0.5, 0.6) is 0 Å². The Morgan fingerprint density at radius 2 is 1.82 bits per heavy atom. The van der Waals surface area contributed by atoms with Gasteiger partial charge in [0.05, 0.1) is 12.0 Å². The summed E-state index contributed by atoms with van der Waals surface area (Å²) in [6.07, 6.45) is 0.126. The highest BCUT2D eigenvalue weighted by molar-refractivity contribution is 8.13. The summed E-state index contributed by atoms with van der Waals surface area (Å²) in [7, 11) is 0. The number of aliphatic hydroxyl groups is 1. The van der Waals surface area contributed by atoms with Crippen LogP contribution < -0.4 is 0 Å². The minimum absolute atomic E-state index is 0.0318. The average molecular weight is 252 g/mol. The summed E-state index contributed by atoms with van der Waals surface area (Å²) in [5.74, 6) is 0.0876. The molecule has 17 heavy (non-hydrogen) atoms. The largest absolute Gasteiger partial charge is 0.392 e. The molecule has 0 aromatic heterocycles. The highest BCUT2D eigenvalue weighted by atomic mass is 32.2. The highest BCUT2D eigenvalue weighted by Crippen LogP contribution is 2.25. The fourth-order valence-corrected chi connectivity index (χ4v) is 2.41. The first-order valence-corrected chi connectivity index (χ1v) is 6.77. The van der Waals surface area contributed by atoms with Crippen molar-refractivity contribution < 1.29 is 9.90 Å². The molecule has 0 aliphatic carbocycles. The maximum atomic E-state index is 11.9. The number of hydrogen-bond acceptors (Lipinski definition) is 3. The Morgan fingerprint density at radius 1 is 1.24 bits per heavy atom. The van der Waals surface area contributed by atoms with E-state index < -0.39 is 6.10 Å². The molecule has 1 N–H and O–H groups in total. The van der Waals surface area contributed by atoms with Gasteiger partial charge in [-0.3, -0.25) is 4.79 Å². The van der Waals surface area contributed by atoms with Crippen LogP contribution in [0.3, 0.4) is 0 Å². The van der Waals surface area contributed by atoms with Gasteiger partial charge in [0.25, 0.3) is 0 Å². The number of carbonyl (C=O) groups excluding carboxylic acids is 1. The quantitative estimate of drug-likeness (QED) is 0.817. The molecule has 0 saturated carbocycles. The summed E-state index contributed by atoms with van der Waals surface area (Å²) in [6.45, 7) is 5.89. The molecule has 1 rings (SSSR count). The van der Waals surface area contributed by atoms with E-state index in [9.17, 15) is 9.90 Å². The van der Waals surface area contributed by atoms with E-state index in [1.165, 1.54) is 11.8 Å². The Kier molecular flexibility index (Phi) is 5.72. The van der Waals surface area contributed by atoms with Crippen LogP contribution in [0.2, 0.25) is 0 Å². The van der Waals surface area contributed by atoms with E-state index in [-0.39, 0.29) is 11.0 Å². The van der Waals surface area contributed by atoms with Crippen molar-refractivity contribution in [1.82, 2.24) is 0 Å². The van der Waals surface area contributed by atoms with Gasteiger partial charge in [0, 0.05) is 4.90 Å². The molecule has 2 atom stereocenters. The normalized spacial score (nSPS) is 14.6. The lowest BCUT2D eigenvalue weighted by Gasteiger charge is -2.18. The third-order valence-electron chi connectivity index (χ3n) is 2.62. The van der Waals surface area contributed by atoms with Gasteiger partial charge in [-0.1, -0.05) is 50.7 Å². The Balaban J connectivity index is 2.52. The standard InChI is InChI=1S/C14H20O2S/c1-10(2)9-13(15)11(3)14(16)17-12-7-5-4-6-8-12/h4-8,10-11,13,15H,9H2,1-3H3/t11-,13+/m0/s1. The van der Waals surface area contributed by atoms with Gasteiger partial charge < -0.3 is 5.11 Å². The SMILES string of the molecule is CC(C)C[C@@H](O)[C@H](C)C(=O)Sc1ccccc1. The fourth-order valence-electron chi connectivity index (χ4n) is 1.54. The molecule has 3 heteroatoms. The molecule has 0 unspecified atom stereocenters. The first-order valence-electron chi connectivity index (χ1n) is 5.95. The molecular formula is C14H20O2S. The molecule has 1 aromatic rings. The van der Waals surface area contributed by atoms with Crippen molar-refractivity contribution in [1.29, 1.82) is 0 Å². The fraction of sp³-hybridized carbons (Fsp3) is 0.500. The van der Waals surface area contributed by atoms with Crippen LogP contribution in [0.4, 0.5) is 0 Å². The van der Waals surface area contributed by atoms with Crippen LogP contribution in [0.1, 0.15) is 27.2 Å². The Morgan fingerprint density at radius 3 is 2.35 bits per heavy atom. The molecule has 2 nitrogen and oxygen atoms in total. The van der Waals surface area contributed by atoms with Crippen LogP contribution in [0.15, 0.2) is 35.2 Å². The van der Waals surface area contributed by atoms with Crippen LogP contribution in [0, 0.1) is 11.8 Å². The molecule has 1 aromatic carbocycles. The van der Waals surface area contributed by atoms with E-state index >= 15 is 0 Å². The van der Waals surface area contributed by atoms with Gasteiger partial charge in [0.1, 0.15) is 0 Å². The second-order valence-electron chi connectivity index (χ2n) is 4.72. The van der Waals surface area contributed by atoms with Crippen molar-refractivity contribution >= 4 is 16.9 Å². The number of benzene rings is 1. The van der Waals surface area contributed by atoms with Gasteiger partial charge in [-0.25, -0.2) is 0 Å². The molecule has 0 fully saturated rings. The van der Waals surface area contributed by atoms with Gasteiger partial charge in [0.2, 0.25) is 0 Å². The van der Waals surface area contributed by atoms with Crippen molar-refractivity contribution in [2.24, 2.45) is 11.8 Å². The summed E-state index contributed by atoms with van der Waals surface area (Å²) in [6, 6.07) is 9.55. The molecule has 0 saturated heterocycles. The predicted molar refractivity (Wildman–Crippen MR) is 71.9 cm³/mol. The van der Waals surface area contributed by atoms with Gasteiger partial charge >= 0.3 is 0 Å². The number of hydrogen-bond donors (Lipinski definition) is 1. The summed E-state index contributed by atoms with van der Waals surface area (Å²) in [4.78, 5) is 12.9.